The molecule has 0 bridgehead atoms. The molecule has 0 radical (unpaired) electrons. The van der Waals surface area contributed by atoms with Crippen molar-refractivity contribution in [1.82, 2.24) is 15.5 Å². The van der Waals surface area contributed by atoms with E-state index >= 15 is 0 Å². The number of hydrogen-bond donors (Lipinski definition) is 2. The summed E-state index contributed by atoms with van der Waals surface area (Å²) in [6.07, 6.45) is 2.58. The van der Waals surface area contributed by atoms with Crippen molar-refractivity contribution >= 4 is 5.96 Å². The first-order valence-corrected chi connectivity index (χ1v) is 9.57. The van der Waals surface area contributed by atoms with Crippen LogP contribution in [0.3, 0.4) is 0 Å². The Morgan fingerprint density at radius 3 is 2.81 bits per heavy atom. The van der Waals surface area contributed by atoms with E-state index in [4.69, 9.17) is 18.9 Å². The molecule has 0 aliphatic carbocycles. The standard InChI is InChI=1S/C19H34N4O3/c1-4-20-18(21-8-6-11-25-15-17-7-5-12-26-17)22-16-19(2,3)23-9-13-24-14-10-23/h5,7,12H,4,6,8-11,13-16H2,1-3H3,(H2,20,21,22). The number of aliphatic imine (C=N–C) groups is 1. The molecule has 26 heavy (non-hydrogen) atoms. The summed E-state index contributed by atoms with van der Waals surface area (Å²) in [7, 11) is 0. The summed E-state index contributed by atoms with van der Waals surface area (Å²) in [6, 6.07) is 3.79. The van der Waals surface area contributed by atoms with Crippen molar-refractivity contribution in [2.45, 2.75) is 39.3 Å². The van der Waals surface area contributed by atoms with Gasteiger partial charge in [-0.3, -0.25) is 9.89 Å². The molecular formula is C19H34N4O3. The molecule has 0 unspecified atom stereocenters. The number of nitrogens with zero attached hydrogens (tertiary/aromatic N) is 2. The van der Waals surface area contributed by atoms with Gasteiger partial charge in [0.2, 0.25) is 0 Å². The fourth-order valence-corrected chi connectivity index (χ4v) is 2.83. The summed E-state index contributed by atoms with van der Waals surface area (Å²) in [4.78, 5) is 7.23. The molecule has 0 saturated carbocycles. The van der Waals surface area contributed by atoms with Gasteiger partial charge >= 0.3 is 0 Å². The van der Waals surface area contributed by atoms with Gasteiger partial charge in [-0.2, -0.15) is 0 Å². The van der Waals surface area contributed by atoms with Crippen LogP contribution in [0.1, 0.15) is 33.0 Å². The van der Waals surface area contributed by atoms with Crippen molar-refractivity contribution in [2.75, 3.05) is 52.5 Å². The van der Waals surface area contributed by atoms with E-state index in [0.717, 1.165) is 64.1 Å². The summed E-state index contributed by atoms with van der Waals surface area (Å²) in [6.45, 7) is 13.8. The number of hydrogen-bond acceptors (Lipinski definition) is 5. The van der Waals surface area contributed by atoms with Gasteiger partial charge in [-0.25, -0.2) is 0 Å². The predicted molar refractivity (Wildman–Crippen MR) is 103 cm³/mol. The van der Waals surface area contributed by atoms with E-state index in [1.165, 1.54) is 0 Å². The molecule has 2 N–H and O–H groups in total. The van der Waals surface area contributed by atoms with Gasteiger partial charge in [0.25, 0.3) is 0 Å². The SMILES string of the molecule is CCNC(=NCC(C)(C)N1CCOCC1)NCCCOCc1ccco1. The Morgan fingerprint density at radius 2 is 2.12 bits per heavy atom. The van der Waals surface area contributed by atoms with Gasteiger partial charge in [-0.1, -0.05) is 0 Å². The molecule has 1 aliphatic heterocycles. The van der Waals surface area contributed by atoms with E-state index in [1.807, 2.05) is 12.1 Å². The molecule has 7 nitrogen and oxygen atoms in total. The molecule has 0 atom stereocenters. The number of nitrogens with one attached hydrogen (secondary N) is 2. The Hall–Kier alpha value is -1.57. The van der Waals surface area contributed by atoms with Crippen LogP contribution in [0.5, 0.6) is 0 Å². The molecule has 1 aromatic heterocycles. The first kappa shape index (κ1) is 20.7. The molecule has 2 rings (SSSR count). The molecule has 0 amide bonds. The summed E-state index contributed by atoms with van der Waals surface area (Å²) >= 11 is 0. The van der Waals surface area contributed by atoms with Gasteiger partial charge in [-0.15, -0.1) is 0 Å². The van der Waals surface area contributed by atoms with E-state index in [-0.39, 0.29) is 5.54 Å². The lowest BCUT2D eigenvalue weighted by atomic mass is 10.0. The second kappa shape index (κ2) is 11.2. The van der Waals surface area contributed by atoms with Gasteiger partial charge in [0.05, 0.1) is 26.0 Å². The minimum absolute atomic E-state index is 0.0261. The zero-order valence-electron chi connectivity index (χ0n) is 16.4. The van der Waals surface area contributed by atoms with Crippen LogP contribution in [0.25, 0.3) is 0 Å². The van der Waals surface area contributed by atoms with E-state index in [9.17, 15) is 0 Å². The van der Waals surface area contributed by atoms with Crippen LogP contribution < -0.4 is 10.6 Å². The lowest BCUT2D eigenvalue weighted by Crippen LogP contribution is -2.52. The first-order chi connectivity index (χ1) is 12.6. The number of furan rings is 1. The molecule has 1 saturated heterocycles. The third kappa shape index (κ3) is 7.35. The quantitative estimate of drug-likeness (QED) is 0.374. The molecule has 7 heteroatoms. The Kier molecular flexibility index (Phi) is 8.94. The van der Waals surface area contributed by atoms with E-state index in [0.29, 0.717) is 13.2 Å². The van der Waals surface area contributed by atoms with Crippen LogP contribution in [-0.2, 0) is 16.1 Å². The van der Waals surface area contributed by atoms with Gasteiger partial charge in [0.15, 0.2) is 5.96 Å². The predicted octanol–water partition coefficient (Wildman–Crippen LogP) is 1.85. The van der Waals surface area contributed by atoms with Crippen LogP contribution in [-0.4, -0.2) is 68.9 Å². The van der Waals surface area contributed by atoms with Gasteiger partial charge in [0.1, 0.15) is 12.4 Å². The van der Waals surface area contributed by atoms with E-state index in [2.05, 4.69) is 36.3 Å². The van der Waals surface area contributed by atoms with Crippen molar-refractivity contribution < 1.29 is 13.9 Å². The van der Waals surface area contributed by atoms with Gasteiger partial charge in [0, 0.05) is 38.3 Å². The van der Waals surface area contributed by atoms with Crippen LogP contribution in [0, 0.1) is 0 Å². The number of guanidine groups is 1. The maximum absolute atomic E-state index is 5.60. The van der Waals surface area contributed by atoms with E-state index in [1.54, 1.807) is 6.26 Å². The summed E-state index contributed by atoms with van der Waals surface area (Å²) in [5, 5.41) is 6.69. The topological polar surface area (TPSA) is 71.3 Å². The van der Waals surface area contributed by atoms with Crippen LogP contribution >= 0.6 is 0 Å². The third-order valence-electron chi connectivity index (χ3n) is 4.42. The maximum Gasteiger partial charge on any atom is 0.191 e. The third-order valence-corrected chi connectivity index (χ3v) is 4.42. The van der Waals surface area contributed by atoms with Gasteiger partial charge < -0.3 is 24.5 Å². The molecule has 0 aromatic carbocycles. The summed E-state index contributed by atoms with van der Waals surface area (Å²) in [5.74, 6) is 1.72. The van der Waals surface area contributed by atoms with Crippen LogP contribution in [0.4, 0.5) is 0 Å². The summed E-state index contributed by atoms with van der Waals surface area (Å²) < 4.78 is 16.3. The van der Waals surface area contributed by atoms with Crippen molar-refractivity contribution in [1.29, 1.82) is 0 Å². The largest absolute Gasteiger partial charge is 0.467 e. The highest BCUT2D eigenvalue weighted by molar-refractivity contribution is 5.79. The second-order valence-corrected chi connectivity index (χ2v) is 7.02. The summed E-state index contributed by atoms with van der Waals surface area (Å²) in [5.41, 5.74) is 0.0261. The molecular weight excluding hydrogens is 332 g/mol. The lowest BCUT2D eigenvalue weighted by Gasteiger charge is -2.39. The van der Waals surface area contributed by atoms with Crippen LogP contribution in [0.15, 0.2) is 27.8 Å². The molecule has 2 heterocycles. The van der Waals surface area contributed by atoms with Crippen molar-refractivity contribution in [3.8, 4) is 0 Å². The lowest BCUT2D eigenvalue weighted by molar-refractivity contribution is -0.00683. The fraction of sp³-hybridized carbons (Fsp3) is 0.737. The monoisotopic (exact) mass is 366 g/mol. The Morgan fingerprint density at radius 1 is 1.31 bits per heavy atom. The maximum atomic E-state index is 5.60. The second-order valence-electron chi connectivity index (χ2n) is 7.02. The van der Waals surface area contributed by atoms with Crippen molar-refractivity contribution in [2.24, 2.45) is 4.99 Å². The van der Waals surface area contributed by atoms with Gasteiger partial charge in [-0.05, 0) is 39.3 Å². The fourth-order valence-electron chi connectivity index (χ4n) is 2.83. The van der Waals surface area contributed by atoms with E-state index < -0.39 is 0 Å². The average Bonchev–Trinajstić information content (AvgIpc) is 3.16. The van der Waals surface area contributed by atoms with Crippen LogP contribution in [0.2, 0.25) is 0 Å². The van der Waals surface area contributed by atoms with Crippen molar-refractivity contribution in [3.05, 3.63) is 24.2 Å². The molecule has 1 fully saturated rings. The number of morpholine rings is 1. The average molecular weight is 367 g/mol. The molecule has 1 aromatic rings. The molecule has 1 aliphatic rings. The Labute approximate surface area is 157 Å². The first-order valence-electron chi connectivity index (χ1n) is 9.57. The minimum Gasteiger partial charge on any atom is -0.467 e. The number of ether oxygens (including phenoxy) is 2. The number of rotatable bonds is 10. The zero-order valence-corrected chi connectivity index (χ0v) is 16.4. The highest BCUT2D eigenvalue weighted by Gasteiger charge is 2.28. The highest BCUT2D eigenvalue weighted by Crippen LogP contribution is 2.16. The highest BCUT2D eigenvalue weighted by atomic mass is 16.5. The Bertz CT molecular complexity index is 511. The molecule has 148 valence electrons. The van der Waals surface area contributed by atoms with Crippen molar-refractivity contribution in [3.63, 3.8) is 0 Å². The Balaban J connectivity index is 1.68. The zero-order chi connectivity index (χ0) is 18.7. The molecule has 0 spiro atoms. The smallest absolute Gasteiger partial charge is 0.191 e. The minimum atomic E-state index is 0.0261. The normalized spacial score (nSPS) is 16.7.